The summed E-state index contributed by atoms with van der Waals surface area (Å²) in [6.45, 7) is 1.47. The van der Waals surface area contributed by atoms with E-state index in [0.29, 0.717) is 43.4 Å². The van der Waals surface area contributed by atoms with Crippen LogP contribution in [0.5, 0.6) is 0 Å². The van der Waals surface area contributed by atoms with Gasteiger partial charge in [0, 0.05) is 31.7 Å². The number of oxazole rings is 1. The van der Waals surface area contributed by atoms with E-state index in [1.165, 1.54) is 22.6 Å². The summed E-state index contributed by atoms with van der Waals surface area (Å²) in [6.07, 6.45) is -2.93. The lowest BCUT2D eigenvalue weighted by atomic mass is 10.0. The Labute approximate surface area is 200 Å². The first-order valence-corrected chi connectivity index (χ1v) is 11.8. The van der Waals surface area contributed by atoms with Gasteiger partial charge in [-0.25, -0.2) is 9.97 Å². The second-order valence-electron chi connectivity index (χ2n) is 8.21. The number of aromatic nitrogens is 4. The maximum absolute atomic E-state index is 13.9. The number of carbonyl (C=O) groups excluding carboxylic acids is 1. The van der Waals surface area contributed by atoms with Crippen LogP contribution < -0.4 is 4.90 Å². The van der Waals surface area contributed by atoms with Crippen molar-refractivity contribution in [3.8, 4) is 0 Å². The zero-order chi connectivity index (χ0) is 24.2. The van der Waals surface area contributed by atoms with E-state index in [1.54, 1.807) is 4.90 Å². The van der Waals surface area contributed by atoms with Crippen molar-refractivity contribution in [2.45, 2.75) is 18.6 Å². The number of H-pyrrole nitrogens is 1. The predicted octanol–water partition coefficient (Wildman–Crippen LogP) is 3.65. The molecule has 3 aromatic heterocycles. The number of amides is 1. The summed E-state index contributed by atoms with van der Waals surface area (Å²) in [6, 6.07) is 6.50. The van der Waals surface area contributed by atoms with E-state index in [1.807, 2.05) is 24.3 Å². The number of thiazole rings is 1. The number of morpholine rings is 1. The van der Waals surface area contributed by atoms with Crippen LogP contribution in [-0.4, -0.2) is 63.6 Å². The van der Waals surface area contributed by atoms with Crippen molar-refractivity contribution in [1.29, 1.82) is 0 Å². The average Bonchev–Trinajstić information content (AvgIpc) is 3.60. The molecule has 0 aliphatic carbocycles. The van der Waals surface area contributed by atoms with E-state index in [0.717, 1.165) is 15.9 Å². The number of hydrogen-bond donors (Lipinski definition) is 1. The van der Waals surface area contributed by atoms with Gasteiger partial charge in [-0.2, -0.15) is 18.2 Å². The molecule has 1 saturated heterocycles. The molecule has 0 bridgehead atoms. The fraction of sp³-hybridized carbons (Fsp3) is 0.364. The first kappa shape index (κ1) is 22.0. The van der Waals surface area contributed by atoms with E-state index in [9.17, 15) is 18.0 Å². The average molecular weight is 504 g/mol. The topological polar surface area (TPSA) is 100 Å². The third-order valence-corrected chi connectivity index (χ3v) is 7.18. The standard InChI is InChI=1S/C22H19F3N6O3S/c23-22(24,25)18-17(34-21(29-18)30-7-9-33-10-8-30)20(32)31-6-5-13-15(27-11-26-13)16(31)19-28-12-3-1-2-4-14(12)35-19/h1-4,11,16H,5-10H2,(H,26,27)/t16-/m0/s1. The zero-order valence-electron chi connectivity index (χ0n) is 18.2. The molecular weight excluding hydrogens is 485 g/mol. The molecule has 1 amide bonds. The van der Waals surface area contributed by atoms with Gasteiger partial charge < -0.3 is 23.9 Å². The van der Waals surface area contributed by atoms with Crippen molar-refractivity contribution in [3.05, 3.63) is 58.4 Å². The summed E-state index contributed by atoms with van der Waals surface area (Å²) >= 11 is 1.38. The van der Waals surface area contributed by atoms with Crippen LogP contribution in [0.3, 0.4) is 0 Å². The summed E-state index contributed by atoms with van der Waals surface area (Å²) in [4.78, 5) is 32.4. The molecule has 0 radical (unpaired) electrons. The number of fused-ring (bicyclic) bond motifs is 2. The number of aromatic amines is 1. The number of ether oxygens (including phenoxy) is 1. The molecule has 2 aliphatic rings. The molecular formula is C22H19F3N6O3S. The van der Waals surface area contributed by atoms with E-state index in [2.05, 4.69) is 19.9 Å². The number of alkyl halides is 3. The van der Waals surface area contributed by atoms with Gasteiger partial charge in [0.2, 0.25) is 5.76 Å². The van der Waals surface area contributed by atoms with Crippen LogP contribution in [0.1, 0.15) is 38.7 Å². The minimum atomic E-state index is -4.86. The van der Waals surface area contributed by atoms with Crippen LogP contribution in [-0.2, 0) is 17.3 Å². The molecule has 6 rings (SSSR count). The highest BCUT2D eigenvalue weighted by Gasteiger charge is 2.45. The molecule has 5 heterocycles. The molecule has 1 N–H and O–H groups in total. The number of nitrogens with one attached hydrogen (secondary N) is 1. The van der Waals surface area contributed by atoms with Crippen LogP contribution >= 0.6 is 11.3 Å². The van der Waals surface area contributed by atoms with E-state index in [-0.39, 0.29) is 12.6 Å². The lowest BCUT2D eigenvalue weighted by molar-refractivity contribution is -0.141. The molecule has 1 aromatic carbocycles. The predicted molar refractivity (Wildman–Crippen MR) is 119 cm³/mol. The Morgan fingerprint density at radius 3 is 2.71 bits per heavy atom. The van der Waals surface area contributed by atoms with Crippen LogP contribution in [0.2, 0.25) is 0 Å². The molecule has 13 heteroatoms. The summed E-state index contributed by atoms with van der Waals surface area (Å²) in [5.41, 5.74) is 0.790. The van der Waals surface area contributed by atoms with Gasteiger partial charge in [-0.3, -0.25) is 4.79 Å². The van der Waals surface area contributed by atoms with E-state index < -0.39 is 29.6 Å². The Kier molecular flexibility index (Phi) is 5.25. The van der Waals surface area contributed by atoms with Crippen LogP contribution in [0.25, 0.3) is 10.2 Å². The number of para-hydroxylation sites is 1. The van der Waals surface area contributed by atoms with Gasteiger partial charge in [-0.05, 0) is 12.1 Å². The molecule has 2 aliphatic heterocycles. The quantitative estimate of drug-likeness (QED) is 0.455. The number of rotatable bonds is 3. The highest BCUT2D eigenvalue weighted by atomic mass is 32.1. The monoisotopic (exact) mass is 504 g/mol. The van der Waals surface area contributed by atoms with Gasteiger partial charge in [0.05, 0.1) is 35.5 Å². The number of carbonyl (C=O) groups is 1. The highest BCUT2D eigenvalue weighted by molar-refractivity contribution is 7.18. The van der Waals surface area contributed by atoms with Crippen molar-refractivity contribution in [3.63, 3.8) is 0 Å². The van der Waals surface area contributed by atoms with Crippen molar-refractivity contribution in [1.82, 2.24) is 24.8 Å². The lowest BCUT2D eigenvalue weighted by Gasteiger charge is -2.33. The summed E-state index contributed by atoms with van der Waals surface area (Å²) in [5.74, 6) is -1.73. The Bertz CT molecular complexity index is 1360. The molecule has 35 heavy (non-hydrogen) atoms. The number of halogens is 3. The van der Waals surface area contributed by atoms with Crippen molar-refractivity contribution >= 4 is 33.5 Å². The Hall–Kier alpha value is -3.45. The second kappa shape index (κ2) is 8.34. The van der Waals surface area contributed by atoms with E-state index in [4.69, 9.17) is 9.15 Å². The fourth-order valence-electron chi connectivity index (χ4n) is 4.42. The summed E-state index contributed by atoms with van der Waals surface area (Å²) in [7, 11) is 0. The lowest BCUT2D eigenvalue weighted by Crippen LogP contribution is -2.41. The third kappa shape index (κ3) is 3.84. The van der Waals surface area contributed by atoms with Gasteiger partial charge in [0.1, 0.15) is 11.0 Å². The molecule has 1 atom stereocenters. The normalized spacial score (nSPS) is 18.8. The third-order valence-electron chi connectivity index (χ3n) is 6.09. The Morgan fingerprint density at radius 1 is 1.14 bits per heavy atom. The van der Waals surface area contributed by atoms with Crippen LogP contribution in [0, 0.1) is 0 Å². The molecule has 0 saturated carbocycles. The van der Waals surface area contributed by atoms with Crippen LogP contribution in [0.15, 0.2) is 35.0 Å². The zero-order valence-corrected chi connectivity index (χ0v) is 19.0. The van der Waals surface area contributed by atoms with Gasteiger partial charge in [0.25, 0.3) is 11.9 Å². The molecule has 0 spiro atoms. The van der Waals surface area contributed by atoms with Gasteiger partial charge in [-0.1, -0.05) is 12.1 Å². The molecule has 1 fully saturated rings. The summed E-state index contributed by atoms with van der Waals surface area (Å²) < 4.78 is 53.5. The minimum Gasteiger partial charge on any atom is -0.417 e. The minimum absolute atomic E-state index is 0.166. The Morgan fingerprint density at radius 2 is 1.94 bits per heavy atom. The van der Waals surface area contributed by atoms with Crippen molar-refractivity contribution in [2.75, 3.05) is 37.7 Å². The second-order valence-corrected chi connectivity index (χ2v) is 9.27. The maximum atomic E-state index is 13.9. The van der Waals surface area contributed by atoms with E-state index >= 15 is 0 Å². The first-order valence-electron chi connectivity index (χ1n) is 11.0. The van der Waals surface area contributed by atoms with Crippen molar-refractivity contribution < 1.29 is 27.1 Å². The number of anilines is 1. The highest BCUT2D eigenvalue weighted by Crippen LogP contribution is 2.40. The smallest absolute Gasteiger partial charge is 0.417 e. The number of imidazole rings is 1. The maximum Gasteiger partial charge on any atom is 0.437 e. The van der Waals surface area contributed by atoms with Crippen LogP contribution in [0.4, 0.5) is 19.2 Å². The fourth-order valence-corrected chi connectivity index (χ4v) is 5.50. The number of benzene rings is 1. The number of hydrogen-bond acceptors (Lipinski definition) is 8. The molecule has 9 nitrogen and oxygen atoms in total. The van der Waals surface area contributed by atoms with Gasteiger partial charge >= 0.3 is 6.18 Å². The molecule has 4 aromatic rings. The summed E-state index contributed by atoms with van der Waals surface area (Å²) in [5, 5.41) is 0.564. The Balaban J connectivity index is 1.43. The van der Waals surface area contributed by atoms with Gasteiger partial charge in [0.15, 0.2) is 5.69 Å². The largest absolute Gasteiger partial charge is 0.437 e. The van der Waals surface area contributed by atoms with Gasteiger partial charge in [-0.15, -0.1) is 11.3 Å². The SMILES string of the molecule is O=C(c1oc(N2CCOCC2)nc1C(F)(F)F)N1CCc2[nH]cnc2[C@H]1c1nc2ccccc2s1. The molecule has 182 valence electrons. The molecule has 0 unspecified atom stereocenters. The number of nitrogens with zero attached hydrogens (tertiary/aromatic N) is 5. The first-order chi connectivity index (χ1) is 16.9. The van der Waals surface area contributed by atoms with Crippen molar-refractivity contribution in [2.24, 2.45) is 0 Å².